The molecule has 0 bridgehead atoms. The van der Waals surface area contributed by atoms with E-state index in [-0.39, 0.29) is 30.1 Å². The van der Waals surface area contributed by atoms with Crippen molar-refractivity contribution in [1.29, 1.82) is 5.26 Å². The SMILES string of the molecule is CC(C)Oc1ccc(-c2nnc(-c3cccc4c3CC[C@@H]4NC(=O)C3CC[C@H](O)C3)s2)cc1C#N. The molecule has 1 unspecified atom stereocenters. The van der Waals surface area contributed by atoms with E-state index in [1.165, 1.54) is 16.9 Å². The second kappa shape index (κ2) is 9.76. The number of carbonyl (C=O) groups is 1. The van der Waals surface area contributed by atoms with Crippen LogP contribution in [-0.2, 0) is 11.2 Å². The number of benzene rings is 2. The minimum Gasteiger partial charge on any atom is -0.490 e. The Bertz CT molecular complexity index is 1300. The number of rotatable bonds is 6. The van der Waals surface area contributed by atoms with Crippen LogP contribution < -0.4 is 10.1 Å². The zero-order valence-corrected chi connectivity index (χ0v) is 20.6. The molecule has 0 saturated heterocycles. The van der Waals surface area contributed by atoms with Gasteiger partial charge in [-0.25, -0.2) is 0 Å². The van der Waals surface area contributed by atoms with Gasteiger partial charge in [0, 0.05) is 17.0 Å². The summed E-state index contributed by atoms with van der Waals surface area (Å²) in [6, 6.07) is 13.8. The van der Waals surface area contributed by atoms with Crippen LogP contribution in [0.15, 0.2) is 36.4 Å². The molecule has 1 aromatic heterocycles. The van der Waals surface area contributed by atoms with Crippen LogP contribution in [0.1, 0.15) is 62.3 Å². The van der Waals surface area contributed by atoms with Gasteiger partial charge in [0.2, 0.25) is 5.91 Å². The molecule has 8 heteroatoms. The summed E-state index contributed by atoms with van der Waals surface area (Å²) in [4.78, 5) is 12.7. The van der Waals surface area contributed by atoms with Crippen molar-refractivity contribution in [2.24, 2.45) is 5.92 Å². The van der Waals surface area contributed by atoms with Crippen LogP contribution in [0.2, 0.25) is 0 Å². The van der Waals surface area contributed by atoms with E-state index in [0.29, 0.717) is 24.2 Å². The Labute approximate surface area is 208 Å². The summed E-state index contributed by atoms with van der Waals surface area (Å²) in [5.41, 5.74) is 4.68. The zero-order valence-electron chi connectivity index (χ0n) is 19.8. The first-order valence-corrected chi connectivity index (χ1v) is 12.9. The molecular formula is C27H28N4O3S. The Morgan fingerprint density at radius 1 is 1.20 bits per heavy atom. The van der Waals surface area contributed by atoms with Crippen molar-refractivity contribution in [3.05, 3.63) is 53.1 Å². The number of ether oxygens (including phenoxy) is 1. The molecular weight excluding hydrogens is 460 g/mol. The van der Waals surface area contributed by atoms with E-state index >= 15 is 0 Å². The molecule has 3 atom stereocenters. The average molecular weight is 489 g/mol. The summed E-state index contributed by atoms with van der Waals surface area (Å²) in [5.74, 6) is 0.511. The molecule has 2 N–H and O–H groups in total. The van der Waals surface area contributed by atoms with Gasteiger partial charge in [-0.3, -0.25) is 4.79 Å². The average Bonchev–Trinajstić information content (AvgIpc) is 3.59. The van der Waals surface area contributed by atoms with E-state index in [4.69, 9.17) is 4.74 Å². The molecule has 5 rings (SSSR count). The molecule has 7 nitrogen and oxygen atoms in total. The molecule has 1 fully saturated rings. The molecule has 35 heavy (non-hydrogen) atoms. The normalized spacial score (nSPS) is 21.1. The van der Waals surface area contributed by atoms with Crippen molar-refractivity contribution in [3.63, 3.8) is 0 Å². The Morgan fingerprint density at radius 2 is 2.03 bits per heavy atom. The van der Waals surface area contributed by atoms with E-state index in [1.54, 1.807) is 6.07 Å². The number of aliphatic hydroxyl groups is 1. The van der Waals surface area contributed by atoms with Crippen LogP contribution >= 0.6 is 11.3 Å². The lowest BCUT2D eigenvalue weighted by Crippen LogP contribution is -2.32. The summed E-state index contributed by atoms with van der Waals surface area (Å²) in [7, 11) is 0. The molecule has 1 heterocycles. The smallest absolute Gasteiger partial charge is 0.223 e. The summed E-state index contributed by atoms with van der Waals surface area (Å²) >= 11 is 1.49. The number of nitrogens with one attached hydrogen (secondary N) is 1. The number of amides is 1. The molecule has 0 spiro atoms. The number of nitrogens with zero attached hydrogens (tertiary/aromatic N) is 3. The minimum absolute atomic E-state index is 0.0142. The van der Waals surface area contributed by atoms with Gasteiger partial charge in [-0.05, 0) is 75.3 Å². The third-order valence-corrected chi connectivity index (χ3v) is 7.73. The van der Waals surface area contributed by atoms with Crippen LogP contribution in [0.5, 0.6) is 5.75 Å². The van der Waals surface area contributed by atoms with Crippen LogP contribution in [0.4, 0.5) is 0 Å². The molecule has 2 aliphatic rings. The fourth-order valence-corrected chi connectivity index (χ4v) is 5.94. The summed E-state index contributed by atoms with van der Waals surface area (Å²) in [5, 5.41) is 33.0. The van der Waals surface area contributed by atoms with Crippen molar-refractivity contribution in [2.45, 2.75) is 64.2 Å². The Kier molecular flexibility index (Phi) is 6.54. The van der Waals surface area contributed by atoms with Crippen molar-refractivity contribution in [3.8, 4) is 33.0 Å². The first-order valence-electron chi connectivity index (χ1n) is 12.1. The number of aliphatic hydroxyl groups excluding tert-OH is 1. The van der Waals surface area contributed by atoms with E-state index in [0.717, 1.165) is 46.0 Å². The highest BCUT2D eigenvalue weighted by atomic mass is 32.1. The summed E-state index contributed by atoms with van der Waals surface area (Å²) < 4.78 is 5.73. The maximum absolute atomic E-state index is 12.7. The van der Waals surface area contributed by atoms with Gasteiger partial charge in [-0.1, -0.05) is 29.5 Å². The molecule has 2 aromatic carbocycles. The number of hydrogen-bond acceptors (Lipinski definition) is 7. The van der Waals surface area contributed by atoms with Crippen molar-refractivity contribution in [2.75, 3.05) is 0 Å². The standard InChI is InChI=1S/C27H28N4O3S/c1-15(2)34-24-11-7-17(12-18(24)14-28)26-30-31-27(35-26)22-5-3-4-21-20(22)9-10-23(21)29-25(33)16-6-8-19(32)13-16/h3-5,7,11-12,15-16,19,23,32H,6,8-10,13H2,1-2H3,(H,29,33)/t16?,19-,23-/m0/s1. The summed E-state index contributed by atoms with van der Waals surface area (Å²) in [6.07, 6.45) is 3.34. The van der Waals surface area contributed by atoms with Crippen molar-refractivity contribution < 1.29 is 14.6 Å². The highest BCUT2D eigenvalue weighted by Gasteiger charge is 2.32. The molecule has 1 amide bonds. The molecule has 3 aromatic rings. The van der Waals surface area contributed by atoms with Crippen molar-refractivity contribution in [1.82, 2.24) is 15.5 Å². The maximum atomic E-state index is 12.7. The maximum Gasteiger partial charge on any atom is 0.223 e. The quantitative estimate of drug-likeness (QED) is 0.516. The Morgan fingerprint density at radius 3 is 2.77 bits per heavy atom. The molecule has 180 valence electrons. The highest BCUT2D eigenvalue weighted by Crippen LogP contribution is 2.40. The van der Waals surface area contributed by atoms with Crippen LogP contribution in [0.25, 0.3) is 21.1 Å². The van der Waals surface area contributed by atoms with E-state index in [9.17, 15) is 15.2 Å². The zero-order chi connectivity index (χ0) is 24.5. The predicted octanol–water partition coefficient (Wildman–Crippen LogP) is 4.80. The molecule has 0 aliphatic heterocycles. The molecule has 0 radical (unpaired) electrons. The molecule has 2 aliphatic carbocycles. The fourth-order valence-electron chi connectivity index (χ4n) is 5.05. The second-order valence-electron chi connectivity index (χ2n) is 9.54. The number of aromatic nitrogens is 2. The first-order chi connectivity index (χ1) is 16.9. The van der Waals surface area contributed by atoms with Crippen LogP contribution in [0.3, 0.4) is 0 Å². The predicted molar refractivity (Wildman–Crippen MR) is 134 cm³/mol. The molecule has 1 saturated carbocycles. The van der Waals surface area contributed by atoms with Gasteiger partial charge >= 0.3 is 0 Å². The van der Waals surface area contributed by atoms with Crippen LogP contribution in [-0.4, -0.2) is 33.4 Å². The fraction of sp³-hybridized carbons (Fsp3) is 0.407. The highest BCUT2D eigenvalue weighted by molar-refractivity contribution is 7.17. The van der Waals surface area contributed by atoms with Gasteiger partial charge in [-0.15, -0.1) is 10.2 Å². The lowest BCUT2D eigenvalue weighted by atomic mass is 10.0. The van der Waals surface area contributed by atoms with Gasteiger partial charge in [0.05, 0.1) is 23.8 Å². The third kappa shape index (κ3) is 4.79. The number of hydrogen-bond donors (Lipinski definition) is 2. The number of fused-ring (bicyclic) bond motifs is 1. The van der Waals surface area contributed by atoms with E-state index < -0.39 is 0 Å². The topological polar surface area (TPSA) is 108 Å². The largest absolute Gasteiger partial charge is 0.490 e. The minimum atomic E-state index is -0.358. The number of carbonyl (C=O) groups excluding carboxylic acids is 1. The second-order valence-corrected chi connectivity index (χ2v) is 10.5. The summed E-state index contributed by atoms with van der Waals surface area (Å²) in [6.45, 7) is 3.86. The van der Waals surface area contributed by atoms with Gasteiger partial charge < -0.3 is 15.2 Å². The monoisotopic (exact) mass is 488 g/mol. The van der Waals surface area contributed by atoms with E-state index in [2.05, 4.69) is 33.7 Å². The van der Waals surface area contributed by atoms with E-state index in [1.807, 2.05) is 32.0 Å². The van der Waals surface area contributed by atoms with Crippen molar-refractivity contribution >= 4 is 17.2 Å². The van der Waals surface area contributed by atoms with Gasteiger partial charge in [-0.2, -0.15) is 5.26 Å². The third-order valence-electron chi connectivity index (χ3n) is 6.73. The van der Waals surface area contributed by atoms with Gasteiger partial charge in [0.25, 0.3) is 0 Å². The lowest BCUT2D eigenvalue weighted by Gasteiger charge is -2.17. The Balaban J connectivity index is 1.37. The lowest BCUT2D eigenvalue weighted by molar-refractivity contribution is -0.125. The van der Waals surface area contributed by atoms with Gasteiger partial charge in [0.15, 0.2) is 0 Å². The first kappa shape index (κ1) is 23.5. The Hall–Kier alpha value is -3.28. The number of nitriles is 1. The van der Waals surface area contributed by atoms with Crippen LogP contribution in [0, 0.1) is 17.2 Å². The van der Waals surface area contributed by atoms with Gasteiger partial charge in [0.1, 0.15) is 21.8 Å².